The van der Waals surface area contributed by atoms with E-state index >= 15 is 0 Å². The molecule has 1 fully saturated rings. The average Bonchev–Trinajstić information content (AvgIpc) is 2.72. The number of rotatable bonds is 5. The highest BCUT2D eigenvalue weighted by Gasteiger charge is 2.25. The lowest BCUT2D eigenvalue weighted by molar-refractivity contribution is 0.0950. The Bertz CT molecular complexity index is 869. The van der Waals surface area contributed by atoms with Crippen molar-refractivity contribution in [1.29, 1.82) is 0 Å². The van der Waals surface area contributed by atoms with E-state index in [0.717, 1.165) is 24.9 Å². The van der Waals surface area contributed by atoms with Gasteiger partial charge in [0.2, 0.25) is 0 Å². The Morgan fingerprint density at radius 1 is 1.17 bits per heavy atom. The maximum atomic E-state index is 13.7. The fourth-order valence-corrected chi connectivity index (χ4v) is 3.63. The highest BCUT2D eigenvalue weighted by atomic mass is 19.1. The number of nitrogens with zero attached hydrogens (tertiary/aromatic N) is 1. The van der Waals surface area contributed by atoms with Gasteiger partial charge in [0.1, 0.15) is 5.82 Å². The quantitative estimate of drug-likeness (QED) is 0.800. The molecule has 0 radical (unpaired) electrons. The second-order valence-electron chi connectivity index (χ2n) is 7.79. The van der Waals surface area contributed by atoms with Crippen LogP contribution in [0.5, 0.6) is 0 Å². The summed E-state index contributed by atoms with van der Waals surface area (Å²) in [6.07, 6.45) is 1.91. The van der Waals surface area contributed by atoms with Crippen LogP contribution in [0.2, 0.25) is 0 Å². The first-order valence-electron chi connectivity index (χ1n) is 10.1. The zero-order valence-corrected chi connectivity index (χ0v) is 17.0. The summed E-state index contributed by atoms with van der Waals surface area (Å²) in [5, 5.41) is 5.72. The van der Waals surface area contributed by atoms with Crippen molar-refractivity contribution in [2.45, 2.75) is 45.2 Å². The van der Waals surface area contributed by atoms with Crippen molar-refractivity contribution in [1.82, 2.24) is 15.5 Å². The molecule has 1 aliphatic heterocycles. The van der Waals surface area contributed by atoms with Crippen molar-refractivity contribution in [3.05, 3.63) is 71.0 Å². The van der Waals surface area contributed by atoms with Gasteiger partial charge in [0, 0.05) is 42.7 Å². The molecule has 1 saturated heterocycles. The van der Waals surface area contributed by atoms with Gasteiger partial charge < -0.3 is 15.5 Å². The molecule has 2 N–H and O–H groups in total. The van der Waals surface area contributed by atoms with Crippen LogP contribution >= 0.6 is 0 Å². The SMILES string of the molecule is CC(C)NC(=O)N1CCCC(c2cccc(C(=O)NCc3ccccc3F)c2)C1. The molecule has 3 amide bonds. The van der Waals surface area contributed by atoms with E-state index in [9.17, 15) is 14.0 Å². The summed E-state index contributed by atoms with van der Waals surface area (Å²) in [5.74, 6) is -0.371. The number of hydrogen-bond donors (Lipinski definition) is 2. The molecule has 1 aliphatic rings. The summed E-state index contributed by atoms with van der Waals surface area (Å²) >= 11 is 0. The van der Waals surface area contributed by atoms with E-state index < -0.39 is 0 Å². The maximum Gasteiger partial charge on any atom is 0.317 e. The number of amides is 3. The largest absolute Gasteiger partial charge is 0.348 e. The Labute approximate surface area is 171 Å². The number of hydrogen-bond acceptors (Lipinski definition) is 2. The van der Waals surface area contributed by atoms with Crippen molar-refractivity contribution in [3.63, 3.8) is 0 Å². The molecule has 0 spiro atoms. The summed E-state index contributed by atoms with van der Waals surface area (Å²) in [5.41, 5.74) is 2.05. The summed E-state index contributed by atoms with van der Waals surface area (Å²) in [4.78, 5) is 26.7. The topological polar surface area (TPSA) is 61.4 Å². The second kappa shape index (κ2) is 9.54. The predicted octanol–water partition coefficient (Wildman–Crippen LogP) is 4.05. The van der Waals surface area contributed by atoms with E-state index in [4.69, 9.17) is 0 Å². The molecule has 3 rings (SSSR count). The number of nitrogens with one attached hydrogen (secondary N) is 2. The van der Waals surface area contributed by atoms with Crippen LogP contribution in [0.1, 0.15) is 54.1 Å². The van der Waals surface area contributed by atoms with Crippen molar-refractivity contribution in [2.24, 2.45) is 0 Å². The van der Waals surface area contributed by atoms with Crippen LogP contribution < -0.4 is 10.6 Å². The van der Waals surface area contributed by atoms with Crippen LogP contribution in [0.4, 0.5) is 9.18 Å². The first-order valence-corrected chi connectivity index (χ1v) is 10.1. The monoisotopic (exact) mass is 397 g/mol. The minimum Gasteiger partial charge on any atom is -0.348 e. The number of likely N-dealkylation sites (tertiary alicyclic amines) is 1. The van der Waals surface area contributed by atoms with Crippen molar-refractivity contribution in [3.8, 4) is 0 Å². The molecule has 0 aromatic heterocycles. The van der Waals surface area contributed by atoms with E-state index in [-0.39, 0.29) is 36.3 Å². The third-order valence-electron chi connectivity index (χ3n) is 5.14. The Balaban J connectivity index is 1.64. The molecular weight excluding hydrogens is 369 g/mol. The van der Waals surface area contributed by atoms with Crippen LogP contribution in [0, 0.1) is 5.82 Å². The predicted molar refractivity (Wildman–Crippen MR) is 111 cm³/mol. The Morgan fingerprint density at radius 3 is 2.72 bits per heavy atom. The smallest absolute Gasteiger partial charge is 0.317 e. The van der Waals surface area contributed by atoms with Crippen molar-refractivity contribution in [2.75, 3.05) is 13.1 Å². The van der Waals surface area contributed by atoms with Gasteiger partial charge in [0.05, 0.1) is 0 Å². The van der Waals surface area contributed by atoms with E-state index in [1.54, 1.807) is 24.3 Å². The zero-order valence-electron chi connectivity index (χ0n) is 17.0. The Morgan fingerprint density at radius 2 is 1.97 bits per heavy atom. The van der Waals surface area contributed by atoms with Crippen molar-refractivity contribution < 1.29 is 14.0 Å². The van der Waals surface area contributed by atoms with E-state index in [0.29, 0.717) is 17.7 Å². The number of carbonyl (C=O) groups excluding carboxylic acids is 2. The molecule has 154 valence electrons. The molecule has 0 bridgehead atoms. The fourth-order valence-electron chi connectivity index (χ4n) is 3.63. The van der Waals surface area contributed by atoms with Crippen LogP contribution in [0.15, 0.2) is 48.5 Å². The lowest BCUT2D eigenvalue weighted by Gasteiger charge is -2.33. The molecule has 2 aromatic rings. The summed E-state index contributed by atoms with van der Waals surface area (Å²) in [6.45, 7) is 5.42. The van der Waals surface area contributed by atoms with Crippen LogP contribution in [0.3, 0.4) is 0 Å². The van der Waals surface area contributed by atoms with Crippen LogP contribution in [0.25, 0.3) is 0 Å². The number of halogens is 1. The van der Waals surface area contributed by atoms with Gasteiger partial charge in [-0.05, 0) is 50.5 Å². The Kier molecular flexibility index (Phi) is 6.86. The summed E-state index contributed by atoms with van der Waals surface area (Å²) in [6, 6.07) is 14.0. The van der Waals surface area contributed by atoms with Crippen LogP contribution in [-0.4, -0.2) is 36.0 Å². The van der Waals surface area contributed by atoms with Gasteiger partial charge >= 0.3 is 6.03 Å². The highest BCUT2D eigenvalue weighted by Crippen LogP contribution is 2.27. The lowest BCUT2D eigenvalue weighted by Crippen LogP contribution is -2.47. The number of carbonyl (C=O) groups is 2. The zero-order chi connectivity index (χ0) is 20.8. The van der Waals surface area contributed by atoms with Crippen LogP contribution in [-0.2, 0) is 6.54 Å². The third kappa shape index (κ3) is 5.56. The normalized spacial score (nSPS) is 16.6. The molecular formula is C23H28FN3O2. The van der Waals surface area contributed by atoms with E-state index in [1.165, 1.54) is 6.07 Å². The fraction of sp³-hybridized carbons (Fsp3) is 0.391. The van der Waals surface area contributed by atoms with Gasteiger partial charge in [0.15, 0.2) is 0 Å². The molecule has 1 heterocycles. The van der Waals surface area contributed by atoms with Gasteiger partial charge in [0.25, 0.3) is 5.91 Å². The van der Waals surface area contributed by atoms with Gasteiger partial charge in [-0.25, -0.2) is 9.18 Å². The first kappa shape index (κ1) is 20.8. The standard InChI is InChI=1S/C23H28FN3O2/c1-16(2)26-23(29)27-12-6-10-20(15-27)17-8-5-9-18(13-17)22(28)25-14-19-7-3-4-11-21(19)24/h3-5,7-9,11,13,16,20H,6,10,12,14-15H2,1-2H3,(H,25,28)(H,26,29). The number of benzene rings is 2. The van der Waals surface area contributed by atoms with Gasteiger partial charge in [-0.3, -0.25) is 4.79 Å². The van der Waals surface area contributed by atoms with Gasteiger partial charge in [-0.15, -0.1) is 0 Å². The lowest BCUT2D eigenvalue weighted by atomic mass is 9.89. The number of piperidine rings is 1. The minimum atomic E-state index is -0.330. The number of urea groups is 1. The molecule has 1 unspecified atom stereocenters. The summed E-state index contributed by atoms with van der Waals surface area (Å²) < 4.78 is 13.7. The maximum absolute atomic E-state index is 13.7. The molecule has 0 aliphatic carbocycles. The van der Waals surface area contributed by atoms with Gasteiger partial charge in [-0.2, -0.15) is 0 Å². The van der Waals surface area contributed by atoms with E-state index in [1.807, 2.05) is 36.9 Å². The Hall–Kier alpha value is -2.89. The average molecular weight is 397 g/mol. The first-order chi connectivity index (χ1) is 13.9. The highest BCUT2D eigenvalue weighted by molar-refractivity contribution is 5.94. The molecule has 0 saturated carbocycles. The molecule has 29 heavy (non-hydrogen) atoms. The summed E-state index contributed by atoms with van der Waals surface area (Å²) in [7, 11) is 0. The van der Waals surface area contributed by atoms with E-state index in [2.05, 4.69) is 10.6 Å². The molecule has 2 aromatic carbocycles. The molecule has 6 heteroatoms. The van der Waals surface area contributed by atoms with Crippen molar-refractivity contribution >= 4 is 11.9 Å². The minimum absolute atomic E-state index is 0.0384. The second-order valence-corrected chi connectivity index (χ2v) is 7.79. The molecule has 1 atom stereocenters. The van der Waals surface area contributed by atoms with Gasteiger partial charge in [-0.1, -0.05) is 30.3 Å². The third-order valence-corrected chi connectivity index (χ3v) is 5.14. The molecule has 5 nitrogen and oxygen atoms in total.